The van der Waals surface area contributed by atoms with Crippen molar-refractivity contribution in [3.05, 3.63) is 29.6 Å². The van der Waals surface area contributed by atoms with Gasteiger partial charge in [-0.1, -0.05) is 6.92 Å². The van der Waals surface area contributed by atoms with Crippen LogP contribution in [0.25, 0.3) is 0 Å². The van der Waals surface area contributed by atoms with Crippen molar-refractivity contribution in [1.29, 1.82) is 0 Å². The summed E-state index contributed by atoms with van der Waals surface area (Å²) in [5.74, 6) is 0. The van der Waals surface area contributed by atoms with Crippen molar-refractivity contribution in [2.24, 2.45) is 0 Å². The van der Waals surface area contributed by atoms with Gasteiger partial charge in [-0.05, 0) is 49.9 Å². The Morgan fingerprint density at radius 3 is 3.05 bits per heavy atom. The molecule has 3 rings (SSSR count). The molecule has 2 saturated heterocycles. The smallest absolute Gasteiger partial charge is 0.0315 e. The van der Waals surface area contributed by atoms with Crippen molar-refractivity contribution < 1.29 is 0 Å². The molecule has 104 valence electrons. The van der Waals surface area contributed by atoms with Crippen LogP contribution in [-0.4, -0.2) is 46.5 Å². The minimum Gasteiger partial charge on any atom is -0.298 e. The predicted molar refractivity (Wildman–Crippen MR) is 78.1 cm³/mol. The Morgan fingerprint density at radius 2 is 2.26 bits per heavy atom. The molecule has 3 heteroatoms. The first-order valence-corrected chi connectivity index (χ1v) is 7.65. The number of fused-ring (bicyclic) bond motifs is 1. The lowest BCUT2D eigenvalue weighted by Crippen LogP contribution is -2.55. The van der Waals surface area contributed by atoms with Crippen LogP contribution in [0.3, 0.4) is 0 Å². The molecule has 2 aliphatic rings. The van der Waals surface area contributed by atoms with Crippen molar-refractivity contribution in [2.75, 3.05) is 19.6 Å². The zero-order valence-electron chi connectivity index (χ0n) is 12.2. The third-order valence-electron chi connectivity index (χ3n) is 4.90. The molecule has 0 spiro atoms. The van der Waals surface area contributed by atoms with E-state index in [-0.39, 0.29) is 0 Å². The highest BCUT2D eigenvalue weighted by molar-refractivity contribution is 5.21. The Hall–Kier alpha value is -0.930. The van der Waals surface area contributed by atoms with Gasteiger partial charge in [-0.15, -0.1) is 0 Å². The van der Waals surface area contributed by atoms with E-state index >= 15 is 0 Å². The third-order valence-corrected chi connectivity index (χ3v) is 4.90. The predicted octanol–water partition coefficient (Wildman–Crippen LogP) is 2.45. The molecule has 0 aliphatic carbocycles. The van der Waals surface area contributed by atoms with Gasteiger partial charge >= 0.3 is 0 Å². The van der Waals surface area contributed by atoms with Crippen LogP contribution in [0.4, 0.5) is 0 Å². The minimum absolute atomic E-state index is 0.717. The monoisotopic (exact) mass is 259 g/mol. The highest BCUT2D eigenvalue weighted by Crippen LogP contribution is 2.27. The van der Waals surface area contributed by atoms with Gasteiger partial charge in [-0.3, -0.25) is 14.8 Å². The van der Waals surface area contributed by atoms with Crippen LogP contribution in [0.1, 0.15) is 37.3 Å². The Bertz CT molecular complexity index is 432. The fraction of sp³-hybridized carbons (Fsp3) is 0.688. The van der Waals surface area contributed by atoms with Crippen LogP contribution in [0.2, 0.25) is 0 Å². The zero-order chi connectivity index (χ0) is 13.2. The van der Waals surface area contributed by atoms with Crippen molar-refractivity contribution in [1.82, 2.24) is 14.8 Å². The van der Waals surface area contributed by atoms with Gasteiger partial charge in [-0.25, -0.2) is 0 Å². The SMILES string of the molecule is CCC1CN2CCCC2CN1Cc1cnccc1C. The summed E-state index contributed by atoms with van der Waals surface area (Å²) in [6.45, 7) is 9.42. The topological polar surface area (TPSA) is 19.4 Å². The third kappa shape index (κ3) is 2.67. The second-order valence-corrected chi connectivity index (χ2v) is 6.08. The average Bonchev–Trinajstić information content (AvgIpc) is 2.87. The normalized spacial score (nSPS) is 28.5. The average molecular weight is 259 g/mol. The van der Waals surface area contributed by atoms with Crippen molar-refractivity contribution >= 4 is 0 Å². The molecule has 0 saturated carbocycles. The summed E-state index contributed by atoms with van der Waals surface area (Å²) in [4.78, 5) is 9.69. The first-order chi connectivity index (χ1) is 9.28. The molecule has 3 heterocycles. The molecule has 1 aromatic rings. The van der Waals surface area contributed by atoms with Gasteiger partial charge in [0.2, 0.25) is 0 Å². The number of rotatable bonds is 3. The van der Waals surface area contributed by atoms with Crippen LogP contribution < -0.4 is 0 Å². The van der Waals surface area contributed by atoms with E-state index in [1.165, 1.54) is 50.0 Å². The number of aryl methyl sites for hydroxylation is 1. The number of aromatic nitrogens is 1. The maximum absolute atomic E-state index is 4.29. The first-order valence-electron chi connectivity index (χ1n) is 7.65. The summed E-state index contributed by atoms with van der Waals surface area (Å²) in [5.41, 5.74) is 2.77. The van der Waals surface area contributed by atoms with Crippen LogP contribution >= 0.6 is 0 Å². The number of nitrogens with zero attached hydrogens (tertiary/aromatic N) is 3. The standard InChI is InChI=1S/C16H25N3/c1-3-15-11-18-8-4-5-16(18)12-19(15)10-14-9-17-7-6-13(14)2/h6-7,9,15-16H,3-5,8,10-12H2,1-2H3. The van der Waals surface area contributed by atoms with Gasteiger partial charge < -0.3 is 0 Å². The highest BCUT2D eigenvalue weighted by Gasteiger charge is 2.35. The largest absolute Gasteiger partial charge is 0.298 e. The number of piperazine rings is 1. The molecular formula is C16H25N3. The van der Waals surface area contributed by atoms with E-state index in [1.54, 1.807) is 0 Å². The number of pyridine rings is 1. The van der Waals surface area contributed by atoms with E-state index in [0.29, 0.717) is 6.04 Å². The van der Waals surface area contributed by atoms with Crippen LogP contribution in [0.5, 0.6) is 0 Å². The molecule has 2 aliphatic heterocycles. The summed E-state index contributed by atoms with van der Waals surface area (Å²) in [7, 11) is 0. The second kappa shape index (κ2) is 5.59. The fourth-order valence-electron chi connectivity index (χ4n) is 3.61. The maximum atomic E-state index is 4.29. The van der Waals surface area contributed by atoms with E-state index in [9.17, 15) is 0 Å². The summed E-state index contributed by atoms with van der Waals surface area (Å²) in [6.07, 6.45) is 7.97. The molecule has 2 atom stereocenters. The number of hydrogen-bond acceptors (Lipinski definition) is 3. The van der Waals surface area contributed by atoms with Crippen molar-refractivity contribution in [2.45, 2.75) is 51.7 Å². The van der Waals surface area contributed by atoms with Gasteiger partial charge in [0.05, 0.1) is 0 Å². The van der Waals surface area contributed by atoms with Gasteiger partial charge in [-0.2, -0.15) is 0 Å². The number of hydrogen-bond donors (Lipinski definition) is 0. The van der Waals surface area contributed by atoms with Gasteiger partial charge in [0, 0.05) is 44.1 Å². The molecule has 0 aromatic carbocycles. The molecule has 3 nitrogen and oxygen atoms in total. The van der Waals surface area contributed by atoms with Gasteiger partial charge in [0.1, 0.15) is 0 Å². The van der Waals surface area contributed by atoms with Gasteiger partial charge in [0.15, 0.2) is 0 Å². The molecule has 19 heavy (non-hydrogen) atoms. The minimum atomic E-state index is 0.717. The molecular weight excluding hydrogens is 234 g/mol. The lowest BCUT2D eigenvalue weighted by Gasteiger charge is -2.43. The lowest BCUT2D eigenvalue weighted by molar-refractivity contribution is 0.0435. The molecule has 0 N–H and O–H groups in total. The highest BCUT2D eigenvalue weighted by atomic mass is 15.3. The van der Waals surface area contributed by atoms with Gasteiger partial charge in [0.25, 0.3) is 0 Å². The Balaban J connectivity index is 1.73. The van der Waals surface area contributed by atoms with E-state index in [2.05, 4.69) is 34.7 Å². The van der Waals surface area contributed by atoms with E-state index in [1.807, 2.05) is 12.4 Å². The van der Waals surface area contributed by atoms with Crippen molar-refractivity contribution in [3.8, 4) is 0 Å². The van der Waals surface area contributed by atoms with E-state index < -0.39 is 0 Å². The van der Waals surface area contributed by atoms with Crippen LogP contribution in [0.15, 0.2) is 18.5 Å². The lowest BCUT2D eigenvalue weighted by atomic mass is 10.0. The maximum Gasteiger partial charge on any atom is 0.0315 e. The zero-order valence-corrected chi connectivity index (χ0v) is 12.2. The van der Waals surface area contributed by atoms with E-state index in [4.69, 9.17) is 0 Å². The summed E-state index contributed by atoms with van der Waals surface area (Å²) >= 11 is 0. The van der Waals surface area contributed by atoms with Crippen LogP contribution in [-0.2, 0) is 6.54 Å². The molecule has 1 aromatic heterocycles. The molecule has 2 unspecified atom stereocenters. The second-order valence-electron chi connectivity index (χ2n) is 6.08. The summed E-state index contributed by atoms with van der Waals surface area (Å²) in [5, 5.41) is 0. The quantitative estimate of drug-likeness (QED) is 0.831. The summed E-state index contributed by atoms with van der Waals surface area (Å²) < 4.78 is 0. The Kier molecular flexibility index (Phi) is 3.85. The van der Waals surface area contributed by atoms with E-state index in [0.717, 1.165) is 12.6 Å². The molecule has 0 bridgehead atoms. The Morgan fingerprint density at radius 1 is 1.37 bits per heavy atom. The summed E-state index contributed by atoms with van der Waals surface area (Å²) in [6, 6.07) is 3.65. The fourth-order valence-corrected chi connectivity index (χ4v) is 3.61. The molecule has 0 radical (unpaired) electrons. The first kappa shape index (κ1) is 13.1. The molecule has 0 amide bonds. The Labute approximate surface area is 116 Å². The molecule has 2 fully saturated rings. The van der Waals surface area contributed by atoms with Crippen molar-refractivity contribution in [3.63, 3.8) is 0 Å². The van der Waals surface area contributed by atoms with Crippen LogP contribution in [0, 0.1) is 6.92 Å².